The molecular weight excluding hydrogens is 392 g/mol. The molecule has 29 heavy (non-hydrogen) atoms. The number of halogens is 1. The highest BCUT2D eigenvalue weighted by molar-refractivity contribution is 8.00. The van der Waals surface area contributed by atoms with Gasteiger partial charge in [-0.3, -0.25) is 0 Å². The molecule has 1 aromatic carbocycles. The van der Waals surface area contributed by atoms with E-state index in [0.717, 1.165) is 32.1 Å². The van der Waals surface area contributed by atoms with Gasteiger partial charge in [0, 0.05) is 16.0 Å². The summed E-state index contributed by atoms with van der Waals surface area (Å²) in [6.45, 7) is 11.1. The van der Waals surface area contributed by atoms with Crippen LogP contribution in [0, 0.1) is 0 Å². The number of hydrogen-bond donors (Lipinski definition) is 0. The van der Waals surface area contributed by atoms with Gasteiger partial charge in [0.05, 0.1) is 0 Å². The van der Waals surface area contributed by atoms with E-state index in [1.54, 1.807) is 0 Å². The van der Waals surface area contributed by atoms with E-state index in [-0.39, 0.29) is 0 Å². The maximum absolute atomic E-state index is 5.88. The molecule has 0 N–H and O–H groups in total. The first-order valence-corrected chi connectivity index (χ1v) is 12.3. The number of rotatable bonds is 13. The molecule has 0 nitrogen and oxygen atoms in total. The molecule has 0 aromatic heterocycles. The van der Waals surface area contributed by atoms with Crippen molar-refractivity contribution < 1.29 is 0 Å². The molecule has 0 aliphatic rings. The van der Waals surface area contributed by atoms with Crippen molar-refractivity contribution in [1.82, 2.24) is 0 Å². The van der Waals surface area contributed by atoms with Gasteiger partial charge < -0.3 is 0 Å². The van der Waals surface area contributed by atoms with Crippen molar-refractivity contribution in [1.29, 1.82) is 0 Å². The van der Waals surface area contributed by atoms with E-state index in [2.05, 4.69) is 89.3 Å². The fraction of sp³-hybridized carbons (Fsp3) is 0.481. The molecule has 0 saturated heterocycles. The summed E-state index contributed by atoms with van der Waals surface area (Å²) in [4.78, 5) is 1.34. The predicted octanol–water partition coefficient (Wildman–Crippen LogP) is 9.53. The van der Waals surface area contributed by atoms with E-state index in [9.17, 15) is 0 Å². The van der Waals surface area contributed by atoms with E-state index < -0.39 is 0 Å². The molecule has 0 amide bonds. The Labute approximate surface area is 189 Å². The second kappa shape index (κ2) is 15.6. The van der Waals surface area contributed by atoms with Crippen LogP contribution in [-0.4, -0.2) is 11.1 Å². The lowest BCUT2D eigenvalue weighted by molar-refractivity contribution is 0.905. The summed E-state index contributed by atoms with van der Waals surface area (Å²) in [5.74, 6) is 0.631. The van der Waals surface area contributed by atoms with Crippen molar-refractivity contribution in [3.05, 3.63) is 76.9 Å². The molecule has 0 saturated carbocycles. The van der Waals surface area contributed by atoms with E-state index in [1.807, 2.05) is 11.8 Å². The molecule has 2 heteroatoms. The standard InChI is InChI=1S/C27H39ClS/c1-6-12-22(2)13-10-14-23(3)19-27(29-26-17-8-7-9-18-26)20-24(4)15-11-16-25(5)21-28/h7-9,12,14,16-18,20,27H,6,10-11,13,15,19,21H2,1-5H3/b22-12+,23-14+,24-20+,25-16+. The first-order valence-electron chi connectivity index (χ1n) is 10.9. The second-order valence-electron chi connectivity index (χ2n) is 7.96. The zero-order chi connectivity index (χ0) is 21.5. The number of hydrogen-bond acceptors (Lipinski definition) is 1. The number of thioether (sulfide) groups is 1. The monoisotopic (exact) mass is 430 g/mol. The minimum Gasteiger partial charge on any atom is -0.122 e. The van der Waals surface area contributed by atoms with Gasteiger partial charge >= 0.3 is 0 Å². The van der Waals surface area contributed by atoms with Gasteiger partial charge in [0.1, 0.15) is 0 Å². The largest absolute Gasteiger partial charge is 0.122 e. The molecule has 0 bridgehead atoms. The van der Waals surface area contributed by atoms with E-state index in [1.165, 1.54) is 33.6 Å². The second-order valence-corrected chi connectivity index (χ2v) is 9.54. The Morgan fingerprint density at radius 2 is 1.48 bits per heavy atom. The van der Waals surface area contributed by atoms with Gasteiger partial charge in [0.2, 0.25) is 0 Å². The summed E-state index contributed by atoms with van der Waals surface area (Å²) >= 11 is 7.85. The zero-order valence-corrected chi connectivity index (χ0v) is 20.6. The molecule has 1 unspecified atom stereocenters. The van der Waals surface area contributed by atoms with Gasteiger partial charge in [-0.1, -0.05) is 71.7 Å². The number of alkyl halides is 1. The maximum Gasteiger partial charge on any atom is 0.0430 e. The van der Waals surface area contributed by atoms with Gasteiger partial charge in [-0.2, -0.15) is 0 Å². The van der Waals surface area contributed by atoms with Crippen LogP contribution in [0.2, 0.25) is 0 Å². The van der Waals surface area contributed by atoms with Gasteiger partial charge in [-0.15, -0.1) is 23.4 Å². The summed E-state index contributed by atoms with van der Waals surface area (Å²) in [6, 6.07) is 10.8. The summed E-state index contributed by atoms with van der Waals surface area (Å²) in [7, 11) is 0. The molecule has 0 heterocycles. The van der Waals surface area contributed by atoms with Crippen LogP contribution in [-0.2, 0) is 0 Å². The van der Waals surface area contributed by atoms with E-state index >= 15 is 0 Å². The topological polar surface area (TPSA) is 0 Å². The quantitative estimate of drug-likeness (QED) is 0.170. The van der Waals surface area contributed by atoms with Gasteiger partial charge in [-0.05, 0) is 78.4 Å². The minimum atomic E-state index is 0.471. The average Bonchev–Trinajstić information content (AvgIpc) is 2.68. The third kappa shape index (κ3) is 12.9. The lowest BCUT2D eigenvalue weighted by Crippen LogP contribution is -2.01. The summed E-state index contributed by atoms with van der Waals surface area (Å²) in [5, 5.41) is 0.471. The molecule has 0 aliphatic heterocycles. The number of benzene rings is 1. The lowest BCUT2D eigenvalue weighted by atomic mass is 10.0. The maximum atomic E-state index is 5.88. The van der Waals surface area contributed by atoms with Gasteiger partial charge in [-0.25, -0.2) is 0 Å². The van der Waals surface area contributed by atoms with Crippen LogP contribution < -0.4 is 0 Å². The molecular formula is C27H39ClS. The van der Waals surface area contributed by atoms with Crippen LogP contribution in [0.1, 0.15) is 73.1 Å². The first kappa shape index (κ1) is 25.9. The van der Waals surface area contributed by atoms with Crippen molar-refractivity contribution in [3.63, 3.8) is 0 Å². The van der Waals surface area contributed by atoms with Crippen LogP contribution >= 0.6 is 23.4 Å². The minimum absolute atomic E-state index is 0.471. The highest BCUT2D eigenvalue weighted by atomic mass is 35.5. The van der Waals surface area contributed by atoms with E-state index in [0.29, 0.717) is 11.1 Å². The highest BCUT2D eigenvalue weighted by Gasteiger charge is 2.09. The van der Waals surface area contributed by atoms with Gasteiger partial charge in [0.25, 0.3) is 0 Å². The van der Waals surface area contributed by atoms with Crippen LogP contribution in [0.4, 0.5) is 0 Å². The normalized spacial score (nSPS) is 15.0. The number of allylic oxidation sites excluding steroid dienone is 7. The smallest absolute Gasteiger partial charge is 0.0430 e. The average molecular weight is 431 g/mol. The Kier molecular flexibility index (Phi) is 13.9. The molecule has 0 radical (unpaired) electrons. The Hall–Kier alpha value is -1.18. The Morgan fingerprint density at radius 3 is 2.10 bits per heavy atom. The van der Waals surface area contributed by atoms with Crippen LogP contribution in [0.3, 0.4) is 0 Å². The molecule has 1 atom stereocenters. The van der Waals surface area contributed by atoms with Crippen molar-refractivity contribution in [2.24, 2.45) is 0 Å². The Balaban J connectivity index is 2.77. The fourth-order valence-corrected chi connectivity index (χ4v) is 4.63. The predicted molar refractivity (Wildman–Crippen MR) is 135 cm³/mol. The van der Waals surface area contributed by atoms with Crippen LogP contribution in [0.25, 0.3) is 0 Å². The van der Waals surface area contributed by atoms with Gasteiger partial charge in [0.15, 0.2) is 0 Å². The molecule has 0 spiro atoms. The SMILES string of the molecule is CC/C=C(\C)CC/C=C(\C)CC(/C=C(\C)CC/C=C(\C)CCl)Sc1ccccc1. The Morgan fingerprint density at radius 1 is 0.862 bits per heavy atom. The van der Waals surface area contributed by atoms with Crippen molar-refractivity contribution in [2.45, 2.75) is 83.3 Å². The fourth-order valence-electron chi connectivity index (χ4n) is 3.21. The zero-order valence-electron chi connectivity index (χ0n) is 19.0. The summed E-state index contributed by atoms with van der Waals surface area (Å²) in [6.07, 6.45) is 16.2. The molecule has 160 valence electrons. The van der Waals surface area contributed by atoms with Crippen molar-refractivity contribution >= 4 is 23.4 Å². The highest BCUT2D eigenvalue weighted by Crippen LogP contribution is 2.30. The third-order valence-electron chi connectivity index (χ3n) is 4.85. The summed E-state index contributed by atoms with van der Waals surface area (Å²) < 4.78 is 0. The summed E-state index contributed by atoms with van der Waals surface area (Å²) in [5.41, 5.74) is 5.72. The van der Waals surface area contributed by atoms with Crippen LogP contribution in [0.15, 0.2) is 81.8 Å². The molecule has 1 aromatic rings. The van der Waals surface area contributed by atoms with Crippen molar-refractivity contribution in [2.75, 3.05) is 5.88 Å². The molecule has 0 aliphatic carbocycles. The van der Waals surface area contributed by atoms with Crippen molar-refractivity contribution in [3.8, 4) is 0 Å². The lowest BCUT2D eigenvalue weighted by Gasteiger charge is -2.15. The Bertz CT molecular complexity index is 695. The first-order chi connectivity index (χ1) is 13.9. The molecule has 1 rings (SSSR count). The van der Waals surface area contributed by atoms with E-state index in [4.69, 9.17) is 11.6 Å². The molecule has 0 fully saturated rings. The third-order valence-corrected chi connectivity index (χ3v) is 6.42. The van der Waals surface area contributed by atoms with Crippen LogP contribution in [0.5, 0.6) is 0 Å².